The van der Waals surface area contributed by atoms with Crippen LogP contribution in [0.15, 0.2) is 69.6 Å². The Morgan fingerprint density at radius 3 is 2.77 bits per heavy atom. The average Bonchev–Trinajstić information content (AvgIpc) is 3.12. The van der Waals surface area contributed by atoms with E-state index < -0.39 is 0 Å². The first-order chi connectivity index (χ1) is 14.4. The van der Waals surface area contributed by atoms with E-state index >= 15 is 0 Å². The summed E-state index contributed by atoms with van der Waals surface area (Å²) < 4.78 is 12.4. The smallest absolute Gasteiger partial charge is 0.255 e. The molecule has 0 fully saturated rings. The number of aromatic nitrogens is 1. The molecule has 0 radical (unpaired) electrons. The van der Waals surface area contributed by atoms with Gasteiger partial charge in [0.25, 0.3) is 5.91 Å². The zero-order valence-electron chi connectivity index (χ0n) is 16.3. The predicted octanol–water partition coefficient (Wildman–Crippen LogP) is 6.95. The van der Waals surface area contributed by atoms with Crippen LogP contribution in [0.25, 0.3) is 22.6 Å². The van der Waals surface area contributed by atoms with Gasteiger partial charge in [-0.15, -0.1) is 0 Å². The van der Waals surface area contributed by atoms with E-state index in [1.54, 1.807) is 42.5 Å². The Morgan fingerprint density at radius 2 is 1.97 bits per heavy atom. The summed E-state index contributed by atoms with van der Waals surface area (Å²) in [5.41, 5.74) is 3.04. The number of nitrogens with zero attached hydrogens (tertiary/aromatic N) is 1. The first kappa shape index (κ1) is 20.4. The number of amides is 1. The van der Waals surface area contributed by atoms with Gasteiger partial charge in [0.05, 0.1) is 16.7 Å². The van der Waals surface area contributed by atoms with Crippen LogP contribution in [0, 0.1) is 0 Å². The summed E-state index contributed by atoms with van der Waals surface area (Å²) in [6.07, 6.45) is 0.0332. The van der Waals surface area contributed by atoms with Crippen molar-refractivity contribution in [2.75, 3.05) is 5.32 Å². The Balaban J connectivity index is 1.58. The number of nitrogens with one attached hydrogen (secondary N) is 1. The Kier molecular flexibility index (Phi) is 5.79. The van der Waals surface area contributed by atoms with Crippen molar-refractivity contribution in [2.24, 2.45) is 0 Å². The molecule has 0 aliphatic heterocycles. The molecule has 1 heterocycles. The number of carbonyl (C=O) groups is 1. The summed E-state index contributed by atoms with van der Waals surface area (Å²) in [5, 5.41) is 3.43. The van der Waals surface area contributed by atoms with Crippen LogP contribution < -0.4 is 10.1 Å². The Labute approximate surface area is 187 Å². The van der Waals surface area contributed by atoms with Crippen molar-refractivity contribution in [2.45, 2.75) is 20.0 Å². The average molecular weight is 486 g/mol. The van der Waals surface area contributed by atoms with Crippen molar-refractivity contribution < 1.29 is 13.9 Å². The second-order valence-electron chi connectivity index (χ2n) is 6.97. The van der Waals surface area contributed by atoms with Crippen molar-refractivity contribution in [3.63, 3.8) is 0 Å². The van der Waals surface area contributed by atoms with E-state index in [9.17, 15) is 4.79 Å². The van der Waals surface area contributed by atoms with Gasteiger partial charge in [0.15, 0.2) is 5.58 Å². The van der Waals surface area contributed by atoms with Crippen LogP contribution in [0.4, 0.5) is 5.69 Å². The van der Waals surface area contributed by atoms with Gasteiger partial charge in [0, 0.05) is 15.7 Å². The number of fused-ring (bicyclic) bond motifs is 1. The van der Waals surface area contributed by atoms with Gasteiger partial charge >= 0.3 is 0 Å². The van der Waals surface area contributed by atoms with Crippen molar-refractivity contribution in [1.82, 2.24) is 4.98 Å². The van der Waals surface area contributed by atoms with Gasteiger partial charge in [-0.3, -0.25) is 4.79 Å². The standard InChI is InChI=1S/C23H18BrClN2O3/c1-13(2)29-17-5-3-4-14(10-17)22(28)26-16-7-9-21-20(12-16)27-23(30-21)18-11-15(24)6-8-19(18)25/h3-13H,1-2H3,(H,26,28). The molecule has 0 saturated heterocycles. The summed E-state index contributed by atoms with van der Waals surface area (Å²) >= 11 is 9.71. The van der Waals surface area contributed by atoms with Crippen LogP contribution in [0.2, 0.25) is 5.02 Å². The fourth-order valence-electron chi connectivity index (χ4n) is 2.97. The van der Waals surface area contributed by atoms with Gasteiger partial charge in [-0.25, -0.2) is 4.98 Å². The lowest BCUT2D eigenvalue weighted by Crippen LogP contribution is -2.12. The first-order valence-corrected chi connectivity index (χ1v) is 10.5. The molecular weight excluding hydrogens is 468 g/mol. The highest BCUT2D eigenvalue weighted by Crippen LogP contribution is 2.33. The van der Waals surface area contributed by atoms with Crippen LogP contribution in [-0.4, -0.2) is 17.0 Å². The van der Waals surface area contributed by atoms with Gasteiger partial charge in [0.1, 0.15) is 11.3 Å². The van der Waals surface area contributed by atoms with E-state index in [4.69, 9.17) is 20.8 Å². The molecule has 7 heteroatoms. The van der Waals surface area contributed by atoms with E-state index in [1.807, 2.05) is 32.0 Å². The molecule has 5 nitrogen and oxygen atoms in total. The number of ether oxygens (including phenoxy) is 1. The number of benzene rings is 3. The fraction of sp³-hybridized carbons (Fsp3) is 0.130. The Hall–Kier alpha value is -2.83. The first-order valence-electron chi connectivity index (χ1n) is 9.33. The molecule has 1 aromatic heterocycles. The molecule has 4 aromatic rings. The van der Waals surface area contributed by atoms with E-state index in [-0.39, 0.29) is 12.0 Å². The molecule has 30 heavy (non-hydrogen) atoms. The molecule has 0 spiro atoms. The molecule has 1 N–H and O–H groups in total. The van der Waals surface area contributed by atoms with E-state index in [2.05, 4.69) is 26.2 Å². The summed E-state index contributed by atoms with van der Waals surface area (Å²) in [7, 11) is 0. The molecule has 1 amide bonds. The van der Waals surface area contributed by atoms with Crippen molar-refractivity contribution in [3.05, 3.63) is 75.7 Å². The zero-order chi connectivity index (χ0) is 21.3. The molecule has 0 aliphatic rings. The van der Waals surface area contributed by atoms with E-state index in [1.165, 1.54) is 0 Å². The summed E-state index contributed by atoms with van der Waals surface area (Å²) in [6.45, 7) is 3.88. The maximum Gasteiger partial charge on any atom is 0.255 e. The number of carbonyl (C=O) groups excluding carboxylic acids is 1. The number of hydrogen-bond donors (Lipinski definition) is 1. The third-order valence-corrected chi connectivity index (χ3v) is 5.10. The fourth-order valence-corrected chi connectivity index (χ4v) is 3.53. The third kappa shape index (κ3) is 4.50. The second-order valence-corrected chi connectivity index (χ2v) is 8.30. The SMILES string of the molecule is CC(C)Oc1cccc(C(=O)Nc2ccc3oc(-c4cc(Br)ccc4Cl)nc3c2)c1. The number of hydrogen-bond acceptors (Lipinski definition) is 4. The summed E-state index contributed by atoms with van der Waals surface area (Å²) in [5.74, 6) is 0.834. The lowest BCUT2D eigenvalue weighted by atomic mass is 10.2. The van der Waals surface area contributed by atoms with E-state index in [0.717, 1.165) is 4.47 Å². The summed E-state index contributed by atoms with van der Waals surface area (Å²) in [4.78, 5) is 17.2. The van der Waals surface area contributed by atoms with Gasteiger partial charge < -0.3 is 14.5 Å². The number of oxazole rings is 1. The maximum atomic E-state index is 12.7. The van der Waals surface area contributed by atoms with Gasteiger partial charge in [-0.1, -0.05) is 33.6 Å². The zero-order valence-corrected chi connectivity index (χ0v) is 18.6. The van der Waals surface area contributed by atoms with Crippen LogP contribution in [0.3, 0.4) is 0 Å². The molecule has 0 aliphatic carbocycles. The highest BCUT2D eigenvalue weighted by Gasteiger charge is 2.14. The molecule has 0 unspecified atom stereocenters. The van der Waals surface area contributed by atoms with E-state index in [0.29, 0.717) is 44.6 Å². The third-order valence-electron chi connectivity index (χ3n) is 4.27. The van der Waals surface area contributed by atoms with Gasteiger partial charge in [-0.2, -0.15) is 0 Å². The van der Waals surface area contributed by atoms with Crippen LogP contribution in [0.1, 0.15) is 24.2 Å². The predicted molar refractivity (Wildman–Crippen MR) is 122 cm³/mol. The molecule has 3 aromatic carbocycles. The summed E-state index contributed by atoms with van der Waals surface area (Å²) in [6, 6.07) is 17.9. The van der Waals surface area contributed by atoms with Crippen LogP contribution >= 0.6 is 27.5 Å². The molecular formula is C23H18BrClN2O3. The largest absolute Gasteiger partial charge is 0.491 e. The maximum absolute atomic E-state index is 12.7. The topological polar surface area (TPSA) is 64.4 Å². The quantitative estimate of drug-likeness (QED) is 0.332. The van der Waals surface area contributed by atoms with Crippen molar-refractivity contribution in [3.8, 4) is 17.2 Å². The van der Waals surface area contributed by atoms with Gasteiger partial charge in [0.2, 0.25) is 5.89 Å². The van der Waals surface area contributed by atoms with Crippen LogP contribution in [0.5, 0.6) is 5.75 Å². The highest BCUT2D eigenvalue weighted by atomic mass is 79.9. The Morgan fingerprint density at radius 1 is 1.13 bits per heavy atom. The molecule has 0 saturated carbocycles. The lowest BCUT2D eigenvalue weighted by molar-refractivity contribution is 0.102. The minimum atomic E-state index is -0.234. The van der Waals surface area contributed by atoms with Gasteiger partial charge in [-0.05, 0) is 68.4 Å². The second kappa shape index (κ2) is 8.50. The van der Waals surface area contributed by atoms with Crippen molar-refractivity contribution >= 4 is 50.2 Å². The normalized spacial score (nSPS) is 11.1. The number of halogens is 2. The molecule has 152 valence electrons. The highest BCUT2D eigenvalue weighted by molar-refractivity contribution is 9.10. The monoisotopic (exact) mass is 484 g/mol. The molecule has 0 atom stereocenters. The molecule has 0 bridgehead atoms. The number of rotatable bonds is 5. The minimum absolute atomic E-state index is 0.0332. The molecule has 4 rings (SSSR count). The van der Waals surface area contributed by atoms with Crippen molar-refractivity contribution in [1.29, 1.82) is 0 Å². The number of anilines is 1. The minimum Gasteiger partial charge on any atom is -0.491 e. The lowest BCUT2D eigenvalue weighted by Gasteiger charge is -2.11. The van der Waals surface area contributed by atoms with Crippen LogP contribution in [-0.2, 0) is 0 Å². The Bertz CT molecular complexity index is 1240.